The van der Waals surface area contributed by atoms with Crippen LogP contribution in [0.4, 0.5) is 5.69 Å². The van der Waals surface area contributed by atoms with Gasteiger partial charge in [-0.2, -0.15) is 0 Å². The molecule has 4 aromatic rings. The molecule has 4 rings (SSSR count). The number of aromatic nitrogens is 1. The van der Waals surface area contributed by atoms with Crippen molar-refractivity contribution in [1.82, 2.24) is 4.98 Å². The number of carbonyl (C=O) groups excluding carboxylic acids is 1. The number of nitrogens with one attached hydrogen (secondary N) is 1. The zero-order valence-corrected chi connectivity index (χ0v) is 17.7. The molecule has 1 heterocycles. The Morgan fingerprint density at radius 3 is 2.45 bits per heavy atom. The van der Waals surface area contributed by atoms with Crippen LogP contribution in [0.15, 0.2) is 83.7 Å². The topological polar surface area (TPSA) is 62.4 Å². The summed E-state index contributed by atoms with van der Waals surface area (Å²) in [5.74, 6) is 0.419. The highest BCUT2D eigenvalue weighted by molar-refractivity contribution is 6.34. The average Bonchev–Trinajstić information content (AvgIpc) is 2.78. The SMILES string of the molecule is CCOc1ccc(N(Cc2cc3ccccc3[nH]c2=O)C(=O)c2ccccc2Cl)cc1. The maximum atomic E-state index is 13.5. The summed E-state index contributed by atoms with van der Waals surface area (Å²) in [5.41, 5.74) is 2.01. The largest absolute Gasteiger partial charge is 0.494 e. The lowest BCUT2D eigenvalue weighted by Crippen LogP contribution is -2.33. The lowest BCUT2D eigenvalue weighted by molar-refractivity contribution is 0.0985. The van der Waals surface area contributed by atoms with Crippen molar-refractivity contribution < 1.29 is 9.53 Å². The van der Waals surface area contributed by atoms with Gasteiger partial charge in [0.1, 0.15) is 5.75 Å². The molecular formula is C25H21ClN2O3. The Bertz CT molecular complexity index is 1280. The monoisotopic (exact) mass is 432 g/mol. The molecule has 0 fully saturated rings. The van der Waals surface area contributed by atoms with E-state index in [0.717, 1.165) is 10.9 Å². The summed E-state index contributed by atoms with van der Waals surface area (Å²) in [4.78, 5) is 30.6. The van der Waals surface area contributed by atoms with E-state index in [9.17, 15) is 9.59 Å². The number of para-hydroxylation sites is 1. The number of anilines is 1. The number of rotatable bonds is 6. The molecule has 5 nitrogen and oxygen atoms in total. The minimum Gasteiger partial charge on any atom is -0.494 e. The number of pyridine rings is 1. The van der Waals surface area contributed by atoms with Crippen molar-refractivity contribution in [2.24, 2.45) is 0 Å². The minimum absolute atomic E-state index is 0.0954. The first kappa shape index (κ1) is 20.7. The molecular weight excluding hydrogens is 412 g/mol. The number of amides is 1. The third-order valence-electron chi connectivity index (χ3n) is 4.97. The summed E-state index contributed by atoms with van der Waals surface area (Å²) in [6.45, 7) is 2.55. The van der Waals surface area contributed by atoms with Crippen molar-refractivity contribution in [2.75, 3.05) is 11.5 Å². The van der Waals surface area contributed by atoms with Gasteiger partial charge in [0, 0.05) is 16.8 Å². The minimum atomic E-state index is -0.290. The summed E-state index contributed by atoms with van der Waals surface area (Å²) in [7, 11) is 0. The van der Waals surface area contributed by atoms with Crippen LogP contribution >= 0.6 is 11.6 Å². The first-order valence-electron chi connectivity index (χ1n) is 9.97. The van der Waals surface area contributed by atoms with Crippen molar-refractivity contribution in [3.8, 4) is 5.75 Å². The van der Waals surface area contributed by atoms with Gasteiger partial charge in [-0.15, -0.1) is 0 Å². The number of halogens is 1. The summed E-state index contributed by atoms with van der Waals surface area (Å²) >= 11 is 6.29. The van der Waals surface area contributed by atoms with Crippen molar-refractivity contribution in [3.63, 3.8) is 0 Å². The molecule has 0 saturated carbocycles. The molecule has 0 unspecified atom stereocenters. The normalized spacial score (nSPS) is 10.8. The van der Waals surface area contributed by atoms with E-state index in [1.807, 2.05) is 37.3 Å². The number of nitrogens with zero attached hydrogens (tertiary/aromatic N) is 1. The van der Waals surface area contributed by atoms with Crippen LogP contribution in [0.5, 0.6) is 5.75 Å². The van der Waals surface area contributed by atoms with E-state index in [4.69, 9.17) is 16.3 Å². The average molecular weight is 433 g/mol. The van der Waals surface area contributed by atoms with E-state index in [2.05, 4.69) is 4.98 Å². The molecule has 0 bridgehead atoms. The van der Waals surface area contributed by atoms with Gasteiger partial charge in [0.25, 0.3) is 11.5 Å². The molecule has 1 amide bonds. The molecule has 0 aliphatic rings. The third-order valence-corrected chi connectivity index (χ3v) is 5.30. The van der Waals surface area contributed by atoms with Crippen molar-refractivity contribution in [2.45, 2.75) is 13.5 Å². The second-order valence-corrected chi connectivity index (χ2v) is 7.42. The number of carbonyl (C=O) groups is 1. The predicted octanol–water partition coefficient (Wildman–Crippen LogP) is 5.43. The number of hydrogen-bond donors (Lipinski definition) is 1. The Morgan fingerprint density at radius 2 is 1.71 bits per heavy atom. The van der Waals surface area contributed by atoms with E-state index in [-0.39, 0.29) is 18.0 Å². The van der Waals surface area contributed by atoms with Crippen molar-refractivity contribution in [1.29, 1.82) is 0 Å². The summed E-state index contributed by atoms with van der Waals surface area (Å²) in [6.07, 6.45) is 0. The zero-order chi connectivity index (χ0) is 21.8. The second-order valence-electron chi connectivity index (χ2n) is 7.01. The fourth-order valence-electron chi connectivity index (χ4n) is 3.43. The smallest absolute Gasteiger partial charge is 0.260 e. The molecule has 156 valence electrons. The number of benzene rings is 3. The lowest BCUT2D eigenvalue weighted by atomic mass is 10.1. The molecule has 1 N–H and O–H groups in total. The predicted molar refractivity (Wildman–Crippen MR) is 124 cm³/mol. The Hall–Kier alpha value is -3.57. The Morgan fingerprint density at radius 1 is 1.00 bits per heavy atom. The van der Waals surface area contributed by atoms with Gasteiger partial charge in [-0.25, -0.2) is 0 Å². The highest BCUT2D eigenvalue weighted by Crippen LogP contribution is 2.26. The fourth-order valence-corrected chi connectivity index (χ4v) is 3.65. The molecule has 0 aliphatic heterocycles. The number of hydrogen-bond acceptors (Lipinski definition) is 3. The van der Waals surface area contributed by atoms with Crippen LogP contribution in [-0.2, 0) is 6.54 Å². The maximum Gasteiger partial charge on any atom is 0.260 e. The number of fused-ring (bicyclic) bond motifs is 1. The molecule has 6 heteroatoms. The highest BCUT2D eigenvalue weighted by atomic mass is 35.5. The van der Waals surface area contributed by atoms with Crippen LogP contribution in [0.25, 0.3) is 10.9 Å². The van der Waals surface area contributed by atoms with Crippen molar-refractivity contribution >= 4 is 34.1 Å². The van der Waals surface area contributed by atoms with Gasteiger partial charge in [0.15, 0.2) is 0 Å². The molecule has 1 aromatic heterocycles. The van der Waals surface area contributed by atoms with Gasteiger partial charge in [-0.05, 0) is 60.8 Å². The fraction of sp³-hybridized carbons (Fsp3) is 0.120. The molecule has 0 spiro atoms. The standard InChI is InChI=1S/C25H21ClN2O3/c1-2-31-20-13-11-19(12-14-20)28(25(30)21-8-4-5-9-22(21)26)16-18-15-17-7-3-6-10-23(17)27-24(18)29/h3-15H,2,16H2,1H3,(H,27,29). The van der Waals surface area contributed by atoms with Gasteiger partial charge in [0.2, 0.25) is 0 Å². The van der Waals surface area contributed by atoms with E-state index in [0.29, 0.717) is 34.2 Å². The van der Waals surface area contributed by atoms with E-state index >= 15 is 0 Å². The Labute approximate surface area is 184 Å². The molecule has 0 atom stereocenters. The maximum absolute atomic E-state index is 13.5. The first-order valence-corrected chi connectivity index (χ1v) is 10.3. The van der Waals surface area contributed by atoms with E-state index < -0.39 is 0 Å². The Balaban J connectivity index is 1.77. The van der Waals surface area contributed by atoms with Crippen LogP contribution in [0.1, 0.15) is 22.8 Å². The molecule has 0 radical (unpaired) electrons. The number of H-pyrrole nitrogens is 1. The quantitative estimate of drug-likeness (QED) is 0.442. The molecule has 0 aliphatic carbocycles. The Kier molecular flexibility index (Phi) is 6.05. The summed E-state index contributed by atoms with van der Waals surface area (Å²) in [6, 6.07) is 23.4. The lowest BCUT2D eigenvalue weighted by Gasteiger charge is -2.24. The summed E-state index contributed by atoms with van der Waals surface area (Å²) < 4.78 is 5.51. The zero-order valence-electron chi connectivity index (χ0n) is 17.0. The summed E-state index contributed by atoms with van der Waals surface area (Å²) in [5, 5.41) is 1.25. The van der Waals surface area contributed by atoms with Gasteiger partial charge >= 0.3 is 0 Å². The van der Waals surface area contributed by atoms with Crippen LogP contribution in [0.3, 0.4) is 0 Å². The molecule has 31 heavy (non-hydrogen) atoms. The van der Waals surface area contributed by atoms with E-state index in [1.165, 1.54) is 0 Å². The number of ether oxygens (including phenoxy) is 1. The molecule has 3 aromatic carbocycles. The first-order chi connectivity index (χ1) is 15.1. The van der Waals surface area contributed by atoms with Crippen molar-refractivity contribution in [3.05, 3.63) is 105 Å². The van der Waals surface area contributed by atoms with Gasteiger partial charge in [0.05, 0.1) is 23.7 Å². The molecule has 0 saturated heterocycles. The van der Waals surface area contributed by atoms with Gasteiger partial charge in [-0.3, -0.25) is 9.59 Å². The van der Waals surface area contributed by atoms with E-state index in [1.54, 1.807) is 53.4 Å². The van der Waals surface area contributed by atoms with Gasteiger partial charge in [-0.1, -0.05) is 41.9 Å². The number of aromatic amines is 1. The van der Waals surface area contributed by atoms with Crippen LogP contribution in [-0.4, -0.2) is 17.5 Å². The third kappa shape index (κ3) is 4.47. The second kappa shape index (κ2) is 9.06. The van der Waals surface area contributed by atoms with Crippen LogP contribution < -0.4 is 15.2 Å². The van der Waals surface area contributed by atoms with Crippen LogP contribution in [0, 0.1) is 0 Å². The van der Waals surface area contributed by atoms with Crippen LogP contribution in [0.2, 0.25) is 5.02 Å². The highest BCUT2D eigenvalue weighted by Gasteiger charge is 2.22. The van der Waals surface area contributed by atoms with Gasteiger partial charge < -0.3 is 14.6 Å².